The van der Waals surface area contributed by atoms with E-state index in [2.05, 4.69) is 10.3 Å². The summed E-state index contributed by atoms with van der Waals surface area (Å²) in [4.78, 5) is 24.0. The van der Waals surface area contributed by atoms with E-state index in [4.69, 9.17) is 9.72 Å². The number of rotatable bonds is 2. The van der Waals surface area contributed by atoms with Crippen LogP contribution in [-0.4, -0.2) is 53.1 Å². The fourth-order valence-corrected chi connectivity index (χ4v) is 4.32. The maximum atomic E-state index is 12.5. The molecule has 2 fully saturated rings. The number of carbonyl (C=O) groups excluding carboxylic acids is 1. The molecule has 27 heavy (non-hydrogen) atoms. The third-order valence-corrected chi connectivity index (χ3v) is 6.08. The highest BCUT2D eigenvalue weighted by Gasteiger charge is 2.44. The van der Waals surface area contributed by atoms with Crippen LogP contribution in [0.15, 0.2) is 36.5 Å². The van der Waals surface area contributed by atoms with E-state index in [-0.39, 0.29) is 17.6 Å². The number of hydrogen-bond acceptors (Lipinski definition) is 5. The average Bonchev–Trinajstić information content (AvgIpc) is 2.68. The van der Waals surface area contributed by atoms with Crippen molar-refractivity contribution in [2.45, 2.75) is 37.3 Å². The first kappa shape index (κ1) is 16.8. The minimum Gasteiger partial charge on any atom is -0.368 e. The standard InChI is InChI=1S/C21H24N4O2/c26-20(17-6-10-22-17)25-11-8-21(9-12-25)18-16(7-13-27-21)14-23-19(24-18)15-4-2-1-3-5-15/h1-5,14,17,22H,6-13H2/t17-/m0/s1. The summed E-state index contributed by atoms with van der Waals surface area (Å²) in [6, 6.07) is 10.1. The van der Waals surface area contributed by atoms with Crippen molar-refractivity contribution in [3.05, 3.63) is 47.8 Å². The molecule has 3 aliphatic rings. The molecule has 140 valence electrons. The van der Waals surface area contributed by atoms with Crippen molar-refractivity contribution < 1.29 is 9.53 Å². The van der Waals surface area contributed by atoms with Gasteiger partial charge in [-0.2, -0.15) is 0 Å². The predicted molar refractivity (Wildman–Crippen MR) is 101 cm³/mol. The van der Waals surface area contributed by atoms with Crippen LogP contribution in [0.2, 0.25) is 0 Å². The van der Waals surface area contributed by atoms with Crippen molar-refractivity contribution >= 4 is 5.91 Å². The zero-order valence-electron chi connectivity index (χ0n) is 15.4. The molecule has 1 aromatic carbocycles. The van der Waals surface area contributed by atoms with Gasteiger partial charge in [-0.25, -0.2) is 9.97 Å². The fraction of sp³-hybridized carbons (Fsp3) is 0.476. The maximum Gasteiger partial charge on any atom is 0.239 e. The number of nitrogens with zero attached hydrogens (tertiary/aromatic N) is 3. The Morgan fingerprint density at radius 1 is 1.22 bits per heavy atom. The summed E-state index contributed by atoms with van der Waals surface area (Å²) in [6.45, 7) is 3.09. The molecule has 1 amide bonds. The van der Waals surface area contributed by atoms with Crippen molar-refractivity contribution in [2.75, 3.05) is 26.2 Å². The van der Waals surface area contributed by atoms with E-state index >= 15 is 0 Å². The lowest BCUT2D eigenvalue weighted by Crippen LogP contribution is -2.57. The van der Waals surface area contributed by atoms with E-state index in [1.54, 1.807) is 0 Å². The lowest BCUT2D eigenvalue weighted by Gasteiger charge is -2.45. The van der Waals surface area contributed by atoms with Gasteiger partial charge in [0.2, 0.25) is 5.91 Å². The van der Waals surface area contributed by atoms with Crippen LogP contribution in [0, 0.1) is 0 Å². The third kappa shape index (κ3) is 2.93. The molecule has 4 heterocycles. The summed E-state index contributed by atoms with van der Waals surface area (Å²) in [7, 11) is 0. The van der Waals surface area contributed by atoms with Crippen LogP contribution in [0.4, 0.5) is 0 Å². The van der Waals surface area contributed by atoms with Crippen molar-refractivity contribution in [3.8, 4) is 11.4 Å². The minimum absolute atomic E-state index is 0.0191. The summed E-state index contributed by atoms with van der Waals surface area (Å²) >= 11 is 0. The summed E-state index contributed by atoms with van der Waals surface area (Å²) < 4.78 is 6.31. The van der Waals surface area contributed by atoms with Gasteiger partial charge in [-0.3, -0.25) is 4.79 Å². The Morgan fingerprint density at radius 2 is 2.00 bits per heavy atom. The van der Waals surface area contributed by atoms with E-state index < -0.39 is 0 Å². The Morgan fingerprint density at radius 3 is 2.70 bits per heavy atom. The molecule has 1 N–H and O–H groups in total. The number of benzene rings is 1. The van der Waals surface area contributed by atoms with Gasteiger partial charge in [0.15, 0.2) is 5.82 Å². The van der Waals surface area contributed by atoms with Crippen molar-refractivity contribution in [2.24, 2.45) is 0 Å². The van der Waals surface area contributed by atoms with Gasteiger partial charge in [-0.15, -0.1) is 0 Å². The van der Waals surface area contributed by atoms with Gasteiger partial charge in [-0.05, 0) is 37.8 Å². The highest BCUT2D eigenvalue weighted by molar-refractivity contribution is 5.82. The second-order valence-corrected chi connectivity index (χ2v) is 7.65. The first-order valence-corrected chi connectivity index (χ1v) is 9.83. The molecule has 0 bridgehead atoms. The molecule has 3 aliphatic heterocycles. The first-order chi connectivity index (χ1) is 13.3. The second-order valence-electron chi connectivity index (χ2n) is 7.65. The molecule has 0 unspecified atom stereocenters. The number of likely N-dealkylation sites (tertiary alicyclic amines) is 1. The van der Waals surface area contributed by atoms with Gasteiger partial charge in [0.25, 0.3) is 0 Å². The van der Waals surface area contributed by atoms with E-state index in [0.717, 1.165) is 62.4 Å². The van der Waals surface area contributed by atoms with Crippen LogP contribution in [0.5, 0.6) is 0 Å². The number of nitrogens with one attached hydrogen (secondary N) is 1. The van der Waals surface area contributed by atoms with Crippen LogP contribution >= 0.6 is 0 Å². The van der Waals surface area contributed by atoms with E-state index in [0.29, 0.717) is 6.61 Å². The molecule has 2 aromatic rings. The maximum absolute atomic E-state index is 12.5. The van der Waals surface area contributed by atoms with Gasteiger partial charge in [0.1, 0.15) is 5.60 Å². The van der Waals surface area contributed by atoms with Gasteiger partial charge < -0.3 is 15.0 Å². The molecular weight excluding hydrogens is 340 g/mol. The topological polar surface area (TPSA) is 67.4 Å². The number of aromatic nitrogens is 2. The van der Waals surface area contributed by atoms with Crippen molar-refractivity contribution in [3.63, 3.8) is 0 Å². The Balaban J connectivity index is 1.41. The summed E-state index contributed by atoms with van der Waals surface area (Å²) in [6.07, 6.45) is 5.35. The SMILES string of the molecule is O=C([C@@H]1CCN1)N1CCC2(CC1)OCCc1cnc(-c3ccccc3)nc12. The third-order valence-electron chi connectivity index (χ3n) is 6.08. The lowest BCUT2D eigenvalue weighted by atomic mass is 9.83. The Bertz CT molecular complexity index is 843. The number of hydrogen-bond donors (Lipinski definition) is 1. The molecule has 0 saturated carbocycles. The van der Waals surface area contributed by atoms with Crippen molar-refractivity contribution in [1.82, 2.24) is 20.2 Å². The monoisotopic (exact) mass is 364 g/mol. The number of carbonyl (C=O) groups is 1. The predicted octanol–water partition coefficient (Wildman–Crippen LogP) is 1.90. The number of ether oxygens (including phenoxy) is 1. The van der Waals surface area contributed by atoms with E-state index in [1.165, 1.54) is 5.56 Å². The van der Waals surface area contributed by atoms with Gasteiger partial charge in [0, 0.05) is 24.8 Å². The first-order valence-electron chi connectivity index (χ1n) is 9.83. The summed E-state index contributed by atoms with van der Waals surface area (Å²) in [5.74, 6) is 0.983. The highest BCUT2D eigenvalue weighted by Crippen LogP contribution is 2.41. The Labute approximate surface area is 159 Å². The second kappa shape index (κ2) is 6.69. The Hall–Kier alpha value is -2.31. The van der Waals surface area contributed by atoms with Crippen molar-refractivity contribution in [1.29, 1.82) is 0 Å². The molecule has 6 heteroatoms. The van der Waals surface area contributed by atoms with E-state index in [1.807, 2.05) is 41.4 Å². The number of fused-ring (bicyclic) bond motifs is 2. The molecule has 1 atom stereocenters. The van der Waals surface area contributed by atoms with Crippen LogP contribution < -0.4 is 5.32 Å². The van der Waals surface area contributed by atoms with Crippen LogP contribution in [-0.2, 0) is 21.6 Å². The molecule has 1 aromatic heterocycles. The Kier molecular flexibility index (Phi) is 4.17. The van der Waals surface area contributed by atoms with E-state index in [9.17, 15) is 4.79 Å². The normalized spacial score (nSPS) is 23.6. The molecule has 0 aliphatic carbocycles. The van der Waals surface area contributed by atoms with Gasteiger partial charge in [0.05, 0.1) is 18.3 Å². The van der Waals surface area contributed by atoms with Crippen LogP contribution in [0.25, 0.3) is 11.4 Å². The molecular formula is C21H24N4O2. The molecule has 0 radical (unpaired) electrons. The molecule has 6 nitrogen and oxygen atoms in total. The number of amides is 1. The highest BCUT2D eigenvalue weighted by atomic mass is 16.5. The quantitative estimate of drug-likeness (QED) is 0.882. The minimum atomic E-state index is -0.385. The molecule has 2 saturated heterocycles. The summed E-state index contributed by atoms with van der Waals surface area (Å²) in [5.41, 5.74) is 2.84. The van der Waals surface area contributed by atoms with Gasteiger partial charge >= 0.3 is 0 Å². The number of piperidine rings is 1. The largest absolute Gasteiger partial charge is 0.368 e. The zero-order chi connectivity index (χ0) is 18.3. The molecule has 1 spiro atoms. The zero-order valence-corrected chi connectivity index (χ0v) is 15.4. The van der Waals surface area contributed by atoms with Crippen LogP contribution in [0.1, 0.15) is 30.5 Å². The fourth-order valence-electron chi connectivity index (χ4n) is 4.32. The smallest absolute Gasteiger partial charge is 0.239 e. The lowest BCUT2D eigenvalue weighted by molar-refractivity contribution is -0.144. The average molecular weight is 364 g/mol. The molecule has 5 rings (SSSR count). The summed E-state index contributed by atoms with van der Waals surface area (Å²) in [5, 5.41) is 3.21. The van der Waals surface area contributed by atoms with Crippen LogP contribution in [0.3, 0.4) is 0 Å². The van der Waals surface area contributed by atoms with Gasteiger partial charge in [-0.1, -0.05) is 30.3 Å².